The number of rotatable bonds is 0. The average Bonchev–Trinajstić information content (AvgIpc) is 2.78. The van der Waals surface area contributed by atoms with Crippen LogP contribution in [0.2, 0.25) is 0 Å². The van der Waals surface area contributed by atoms with Crippen LogP contribution in [0.1, 0.15) is 46.0 Å². The number of allylic oxidation sites excluding steroid dienone is 3. The van der Waals surface area contributed by atoms with Gasteiger partial charge in [0.05, 0.1) is 12.2 Å². The second-order valence-electron chi connectivity index (χ2n) is 8.60. The molecule has 0 aromatic heterocycles. The van der Waals surface area contributed by atoms with Crippen LogP contribution in [0.25, 0.3) is 0 Å². The van der Waals surface area contributed by atoms with Crippen LogP contribution in [-0.4, -0.2) is 22.4 Å². The van der Waals surface area contributed by atoms with E-state index in [4.69, 9.17) is 5.73 Å². The molecule has 0 radical (unpaired) electrons. The largest absolute Gasteiger partial charge is 0.402 e. The molecule has 4 N–H and O–H groups in total. The van der Waals surface area contributed by atoms with Gasteiger partial charge in [0.1, 0.15) is 0 Å². The van der Waals surface area contributed by atoms with Crippen LogP contribution in [0.5, 0.6) is 0 Å². The number of nitrogens with two attached hydrogens (primary N) is 1. The summed E-state index contributed by atoms with van der Waals surface area (Å²) >= 11 is 0. The number of fused-ring (bicyclic) bond motifs is 5. The standard InChI is InChI=1S/C19H29NO2/c1-18-9-8-13-17(12(18)6-7-16(18)22)14(21)10-11-4-3-5-15(20)19(11,13)2/h5-7,11-14,16-17,21-22H,3-4,8-10,20H2,1-2H3/t11-,12-,13-,14-,16-,17-,18-,19-/m0/s1. The molecule has 3 nitrogen and oxygen atoms in total. The predicted molar refractivity (Wildman–Crippen MR) is 86.7 cm³/mol. The zero-order valence-electron chi connectivity index (χ0n) is 13.7. The lowest BCUT2D eigenvalue weighted by Gasteiger charge is -2.61. The Bertz CT molecular complexity index is 542. The van der Waals surface area contributed by atoms with E-state index in [0.29, 0.717) is 11.8 Å². The molecule has 0 aromatic rings. The molecule has 4 rings (SSSR count). The van der Waals surface area contributed by atoms with Crippen molar-refractivity contribution >= 4 is 0 Å². The van der Waals surface area contributed by atoms with E-state index in [1.165, 1.54) is 0 Å². The van der Waals surface area contributed by atoms with Crippen LogP contribution in [0, 0.1) is 34.5 Å². The molecule has 0 bridgehead atoms. The van der Waals surface area contributed by atoms with E-state index >= 15 is 0 Å². The highest BCUT2D eigenvalue weighted by Gasteiger charge is 2.61. The minimum atomic E-state index is -0.365. The van der Waals surface area contributed by atoms with Crippen LogP contribution in [0.3, 0.4) is 0 Å². The molecule has 4 aliphatic rings. The van der Waals surface area contributed by atoms with Gasteiger partial charge in [-0.1, -0.05) is 32.1 Å². The summed E-state index contributed by atoms with van der Waals surface area (Å²) in [5.41, 5.74) is 7.47. The first-order valence-corrected chi connectivity index (χ1v) is 8.89. The fourth-order valence-electron chi connectivity index (χ4n) is 6.38. The highest BCUT2D eigenvalue weighted by Crippen LogP contribution is 2.64. The molecule has 0 heterocycles. The first kappa shape index (κ1) is 14.8. The first-order chi connectivity index (χ1) is 10.4. The van der Waals surface area contributed by atoms with Crippen molar-refractivity contribution in [2.45, 2.75) is 58.2 Å². The molecule has 22 heavy (non-hydrogen) atoms. The molecule has 0 saturated heterocycles. The third-order valence-electron chi connectivity index (χ3n) is 7.90. The van der Waals surface area contributed by atoms with Crippen molar-refractivity contribution in [3.05, 3.63) is 23.9 Å². The summed E-state index contributed by atoms with van der Waals surface area (Å²) in [6, 6.07) is 0. The van der Waals surface area contributed by atoms with Gasteiger partial charge in [-0.15, -0.1) is 0 Å². The molecule has 0 aliphatic heterocycles. The normalized spacial score (nSPS) is 56.8. The molecule has 2 saturated carbocycles. The maximum atomic E-state index is 10.9. The van der Waals surface area contributed by atoms with Crippen LogP contribution >= 0.6 is 0 Å². The van der Waals surface area contributed by atoms with Gasteiger partial charge in [0.25, 0.3) is 0 Å². The van der Waals surface area contributed by atoms with E-state index < -0.39 is 0 Å². The van der Waals surface area contributed by atoms with Gasteiger partial charge in [-0.25, -0.2) is 0 Å². The highest BCUT2D eigenvalue weighted by atomic mass is 16.3. The van der Waals surface area contributed by atoms with E-state index in [-0.39, 0.29) is 34.9 Å². The number of hydrogen-bond acceptors (Lipinski definition) is 3. The second kappa shape index (κ2) is 4.61. The predicted octanol–water partition coefficient (Wildman–Crippen LogP) is 2.59. The monoisotopic (exact) mass is 303 g/mol. The van der Waals surface area contributed by atoms with Crippen molar-refractivity contribution in [2.24, 2.45) is 40.2 Å². The van der Waals surface area contributed by atoms with Crippen molar-refractivity contribution in [3.63, 3.8) is 0 Å². The maximum absolute atomic E-state index is 10.9. The van der Waals surface area contributed by atoms with Gasteiger partial charge in [-0.05, 0) is 55.8 Å². The molecular weight excluding hydrogens is 274 g/mol. The Morgan fingerprint density at radius 1 is 1.18 bits per heavy atom. The zero-order valence-corrected chi connectivity index (χ0v) is 13.7. The van der Waals surface area contributed by atoms with E-state index in [2.05, 4.69) is 26.0 Å². The highest BCUT2D eigenvalue weighted by molar-refractivity contribution is 5.26. The fraction of sp³-hybridized carbons (Fsp3) is 0.789. The third kappa shape index (κ3) is 1.64. The molecule has 0 amide bonds. The summed E-state index contributed by atoms with van der Waals surface area (Å²) in [6.45, 7) is 4.53. The van der Waals surface area contributed by atoms with Gasteiger partial charge in [-0.2, -0.15) is 0 Å². The van der Waals surface area contributed by atoms with Gasteiger partial charge in [0, 0.05) is 16.5 Å². The number of aliphatic hydroxyl groups excluding tert-OH is 2. The lowest BCUT2D eigenvalue weighted by atomic mass is 9.45. The average molecular weight is 303 g/mol. The molecular formula is C19H29NO2. The van der Waals surface area contributed by atoms with E-state index in [9.17, 15) is 10.2 Å². The van der Waals surface area contributed by atoms with Crippen LogP contribution in [0.4, 0.5) is 0 Å². The van der Waals surface area contributed by atoms with Gasteiger partial charge in [0.15, 0.2) is 0 Å². The molecule has 4 aliphatic carbocycles. The Morgan fingerprint density at radius 2 is 1.95 bits per heavy atom. The quantitative estimate of drug-likeness (QED) is 0.603. The van der Waals surface area contributed by atoms with Gasteiger partial charge in [0.2, 0.25) is 0 Å². The van der Waals surface area contributed by atoms with Crippen LogP contribution < -0.4 is 5.73 Å². The Morgan fingerprint density at radius 3 is 2.73 bits per heavy atom. The van der Waals surface area contributed by atoms with Crippen molar-refractivity contribution in [2.75, 3.05) is 0 Å². The summed E-state index contributed by atoms with van der Waals surface area (Å²) in [7, 11) is 0. The van der Waals surface area contributed by atoms with Crippen molar-refractivity contribution in [1.82, 2.24) is 0 Å². The minimum Gasteiger partial charge on any atom is -0.402 e. The second-order valence-corrected chi connectivity index (χ2v) is 8.60. The summed E-state index contributed by atoms with van der Waals surface area (Å²) in [5.74, 6) is 1.46. The molecule has 0 spiro atoms. The van der Waals surface area contributed by atoms with Gasteiger partial charge in [-0.3, -0.25) is 0 Å². The molecule has 2 fully saturated rings. The molecule has 0 aromatic carbocycles. The first-order valence-electron chi connectivity index (χ1n) is 8.89. The zero-order chi connectivity index (χ0) is 15.7. The third-order valence-corrected chi connectivity index (χ3v) is 7.90. The molecule has 8 atom stereocenters. The van der Waals surface area contributed by atoms with Crippen molar-refractivity contribution in [3.8, 4) is 0 Å². The van der Waals surface area contributed by atoms with E-state index in [1.54, 1.807) is 0 Å². The Kier molecular flexibility index (Phi) is 3.09. The summed E-state index contributed by atoms with van der Waals surface area (Å²) in [6.07, 6.45) is 10.9. The Labute approximate surface area is 133 Å². The number of aliphatic hydroxyl groups is 2. The molecule has 0 unspecified atom stereocenters. The smallest absolute Gasteiger partial charge is 0.0780 e. The topological polar surface area (TPSA) is 66.5 Å². The summed E-state index contributed by atoms with van der Waals surface area (Å²) < 4.78 is 0. The summed E-state index contributed by atoms with van der Waals surface area (Å²) in [4.78, 5) is 0. The lowest BCUT2D eigenvalue weighted by Crippen LogP contribution is -2.59. The van der Waals surface area contributed by atoms with Crippen LogP contribution in [-0.2, 0) is 0 Å². The van der Waals surface area contributed by atoms with Crippen LogP contribution in [0.15, 0.2) is 23.9 Å². The van der Waals surface area contributed by atoms with Crippen molar-refractivity contribution in [1.29, 1.82) is 0 Å². The van der Waals surface area contributed by atoms with Gasteiger partial charge >= 0.3 is 0 Å². The molecule has 3 heteroatoms. The minimum absolute atomic E-state index is 0.0326. The van der Waals surface area contributed by atoms with E-state index in [1.807, 2.05) is 6.08 Å². The maximum Gasteiger partial charge on any atom is 0.0780 e. The van der Waals surface area contributed by atoms with Gasteiger partial charge < -0.3 is 15.9 Å². The summed E-state index contributed by atoms with van der Waals surface area (Å²) in [5, 5.41) is 21.3. The molecule has 122 valence electrons. The van der Waals surface area contributed by atoms with Crippen molar-refractivity contribution < 1.29 is 10.2 Å². The Hall–Kier alpha value is -0.800. The lowest BCUT2D eigenvalue weighted by molar-refractivity contribution is -0.143. The Balaban J connectivity index is 1.76. The fourth-order valence-corrected chi connectivity index (χ4v) is 6.38. The SMILES string of the molecule is C[C@]12CC[C@H]3[C@@H]([C@@H](O)C[C@@H]4CCC=C(N)[C@@]43C)[C@@H]1C=C[C@@H]2O. The number of hydrogen-bond donors (Lipinski definition) is 3. The van der Waals surface area contributed by atoms with E-state index in [0.717, 1.165) is 37.8 Å².